The van der Waals surface area contributed by atoms with Gasteiger partial charge >= 0.3 is 0 Å². The minimum Gasteiger partial charge on any atom is -0.330 e. The van der Waals surface area contributed by atoms with Crippen molar-refractivity contribution in [2.24, 2.45) is 0 Å². The Morgan fingerprint density at radius 2 is 2.11 bits per heavy atom. The van der Waals surface area contributed by atoms with E-state index in [0.29, 0.717) is 12.1 Å². The van der Waals surface area contributed by atoms with Gasteiger partial charge in [-0.25, -0.2) is 4.98 Å². The van der Waals surface area contributed by atoms with Crippen molar-refractivity contribution in [3.8, 4) is 0 Å². The van der Waals surface area contributed by atoms with Gasteiger partial charge in [-0.2, -0.15) is 0 Å². The fourth-order valence-corrected chi connectivity index (χ4v) is 3.11. The number of hydrogen-bond donors (Lipinski definition) is 1. The predicted octanol–water partition coefficient (Wildman–Crippen LogP) is 3.32. The molecule has 1 aromatic rings. The van der Waals surface area contributed by atoms with E-state index in [1.165, 1.54) is 44.3 Å². The van der Waals surface area contributed by atoms with Crippen LogP contribution in [-0.2, 0) is 6.42 Å². The summed E-state index contributed by atoms with van der Waals surface area (Å²) in [6.07, 6.45) is 13.1. The van der Waals surface area contributed by atoms with Crippen molar-refractivity contribution in [3.63, 3.8) is 0 Å². The topological polar surface area (TPSA) is 29.9 Å². The van der Waals surface area contributed by atoms with E-state index in [1.807, 2.05) is 6.20 Å². The molecule has 2 rings (SSSR count). The molecule has 0 amide bonds. The summed E-state index contributed by atoms with van der Waals surface area (Å²) in [7, 11) is 0. The van der Waals surface area contributed by atoms with Gasteiger partial charge in [0.25, 0.3) is 0 Å². The van der Waals surface area contributed by atoms with E-state index in [9.17, 15) is 0 Å². The van der Waals surface area contributed by atoms with Crippen molar-refractivity contribution in [2.45, 2.75) is 70.9 Å². The van der Waals surface area contributed by atoms with Crippen LogP contribution in [0.1, 0.15) is 64.2 Å². The van der Waals surface area contributed by atoms with E-state index in [4.69, 9.17) is 0 Å². The molecule has 1 fully saturated rings. The number of hydrogen-bond acceptors (Lipinski definition) is 2. The number of aryl methyl sites for hydroxylation is 1. The maximum absolute atomic E-state index is 4.49. The van der Waals surface area contributed by atoms with Crippen molar-refractivity contribution in [1.82, 2.24) is 14.9 Å². The molecule has 1 N–H and O–H groups in total. The van der Waals surface area contributed by atoms with Crippen LogP contribution in [0, 0.1) is 0 Å². The van der Waals surface area contributed by atoms with Gasteiger partial charge < -0.3 is 9.88 Å². The van der Waals surface area contributed by atoms with Crippen molar-refractivity contribution in [2.75, 3.05) is 6.54 Å². The molecule has 0 saturated heterocycles. The maximum Gasteiger partial charge on any atom is 0.108 e. The van der Waals surface area contributed by atoms with Gasteiger partial charge in [-0.15, -0.1) is 0 Å². The number of imidazole rings is 1. The summed E-state index contributed by atoms with van der Waals surface area (Å²) in [5, 5.41) is 3.75. The van der Waals surface area contributed by atoms with Crippen molar-refractivity contribution in [3.05, 3.63) is 18.2 Å². The highest BCUT2D eigenvalue weighted by Crippen LogP contribution is 2.28. The molecule has 0 aromatic carbocycles. The lowest BCUT2D eigenvalue weighted by molar-refractivity contribution is 0.324. The first kappa shape index (κ1) is 13.6. The zero-order chi connectivity index (χ0) is 12.8. The zero-order valence-corrected chi connectivity index (χ0v) is 11.9. The summed E-state index contributed by atoms with van der Waals surface area (Å²) in [5.74, 6) is 1.24. The molecule has 18 heavy (non-hydrogen) atoms. The highest BCUT2D eigenvalue weighted by Gasteiger charge is 2.25. The molecule has 0 bridgehead atoms. The average Bonchev–Trinajstić information content (AvgIpc) is 2.74. The van der Waals surface area contributed by atoms with Crippen LogP contribution in [0.5, 0.6) is 0 Å². The summed E-state index contributed by atoms with van der Waals surface area (Å²) in [5.41, 5.74) is 0. The number of rotatable bonds is 5. The van der Waals surface area contributed by atoms with Gasteiger partial charge in [0.1, 0.15) is 5.82 Å². The molecule has 1 aromatic heterocycles. The lowest BCUT2D eigenvalue weighted by Gasteiger charge is -2.28. The fourth-order valence-electron chi connectivity index (χ4n) is 3.11. The molecule has 1 saturated carbocycles. The molecule has 1 aliphatic rings. The Morgan fingerprint density at radius 3 is 2.89 bits per heavy atom. The number of aromatic nitrogens is 2. The van der Waals surface area contributed by atoms with Gasteiger partial charge in [-0.05, 0) is 25.8 Å². The predicted molar refractivity (Wildman–Crippen MR) is 75.8 cm³/mol. The largest absolute Gasteiger partial charge is 0.330 e. The van der Waals surface area contributed by atoms with Crippen LogP contribution < -0.4 is 5.32 Å². The normalized spacial score (nSPS) is 25.0. The Kier molecular flexibility index (Phi) is 5.24. The summed E-state index contributed by atoms with van der Waals surface area (Å²) in [6.45, 7) is 5.58. The number of nitrogens with one attached hydrogen (secondary N) is 1. The smallest absolute Gasteiger partial charge is 0.108 e. The van der Waals surface area contributed by atoms with Crippen LogP contribution in [0.15, 0.2) is 12.4 Å². The van der Waals surface area contributed by atoms with Crippen LogP contribution in [-0.4, -0.2) is 22.1 Å². The molecule has 102 valence electrons. The summed E-state index contributed by atoms with van der Waals surface area (Å²) >= 11 is 0. The first-order valence-electron chi connectivity index (χ1n) is 7.61. The Balaban J connectivity index is 2.14. The fraction of sp³-hybridized carbons (Fsp3) is 0.800. The van der Waals surface area contributed by atoms with Gasteiger partial charge in [0.05, 0.1) is 6.04 Å². The highest BCUT2D eigenvalue weighted by atomic mass is 15.1. The Bertz CT molecular complexity index is 345. The molecular formula is C15H27N3. The van der Waals surface area contributed by atoms with Crippen molar-refractivity contribution < 1.29 is 0 Å². The molecule has 1 heterocycles. The lowest BCUT2D eigenvalue weighted by atomic mass is 10.0. The molecule has 0 aliphatic heterocycles. The molecule has 2 unspecified atom stereocenters. The first-order valence-corrected chi connectivity index (χ1v) is 7.61. The molecular weight excluding hydrogens is 222 g/mol. The van der Waals surface area contributed by atoms with Gasteiger partial charge in [0.15, 0.2) is 0 Å². The van der Waals surface area contributed by atoms with E-state index >= 15 is 0 Å². The Morgan fingerprint density at radius 1 is 1.28 bits per heavy atom. The van der Waals surface area contributed by atoms with E-state index in [1.54, 1.807) is 0 Å². The molecule has 0 radical (unpaired) electrons. The SMILES string of the molecule is CCCNC1CCCCCC1n1ccnc1CC. The number of nitrogens with zero attached hydrogens (tertiary/aromatic N) is 2. The van der Waals surface area contributed by atoms with E-state index in [-0.39, 0.29) is 0 Å². The molecule has 3 nitrogen and oxygen atoms in total. The first-order chi connectivity index (χ1) is 8.86. The van der Waals surface area contributed by atoms with Crippen LogP contribution >= 0.6 is 0 Å². The van der Waals surface area contributed by atoms with Gasteiger partial charge in [0, 0.05) is 24.9 Å². The quantitative estimate of drug-likeness (QED) is 0.811. The monoisotopic (exact) mass is 249 g/mol. The summed E-state index contributed by atoms with van der Waals surface area (Å²) in [4.78, 5) is 4.49. The van der Waals surface area contributed by atoms with E-state index in [2.05, 4.69) is 34.9 Å². The third kappa shape index (κ3) is 3.14. The van der Waals surface area contributed by atoms with Crippen LogP contribution in [0.3, 0.4) is 0 Å². The van der Waals surface area contributed by atoms with Crippen LogP contribution in [0.25, 0.3) is 0 Å². The molecule has 3 heteroatoms. The maximum atomic E-state index is 4.49. The van der Waals surface area contributed by atoms with Crippen LogP contribution in [0.4, 0.5) is 0 Å². The standard InChI is InChI=1S/C15H27N3/c1-3-10-16-13-8-6-5-7-9-14(13)18-12-11-17-15(18)4-2/h11-14,16H,3-10H2,1-2H3. The highest BCUT2D eigenvalue weighted by molar-refractivity contribution is 4.98. The van der Waals surface area contributed by atoms with Gasteiger partial charge in [-0.3, -0.25) is 0 Å². The van der Waals surface area contributed by atoms with Gasteiger partial charge in [0.2, 0.25) is 0 Å². The van der Waals surface area contributed by atoms with Crippen molar-refractivity contribution >= 4 is 0 Å². The second-order valence-corrected chi connectivity index (χ2v) is 5.37. The molecule has 2 atom stereocenters. The third-order valence-electron chi connectivity index (χ3n) is 4.06. The molecule has 1 aliphatic carbocycles. The summed E-state index contributed by atoms with van der Waals surface area (Å²) < 4.78 is 2.43. The Labute approximate surface area is 111 Å². The minimum atomic E-state index is 0.608. The molecule has 0 spiro atoms. The van der Waals surface area contributed by atoms with E-state index in [0.717, 1.165) is 13.0 Å². The van der Waals surface area contributed by atoms with E-state index < -0.39 is 0 Å². The lowest BCUT2D eigenvalue weighted by Crippen LogP contribution is -2.37. The third-order valence-corrected chi connectivity index (χ3v) is 4.06. The van der Waals surface area contributed by atoms with Crippen LogP contribution in [0.2, 0.25) is 0 Å². The van der Waals surface area contributed by atoms with Gasteiger partial charge in [-0.1, -0.05) is 33.1 Å². The summed E-state index contributed by atoms with van der Waals surface area (Å²) in [6, 6.07) is 1.24. The zero-order valence-electron chi connectivity index (χ0n) is 11.9. The average molecular weight is 249 g/mol. The van der Waals surface area contributed by atoms with Crippen molar-refractivity contribution in [1.29, 1.82) is 0 Å². The minimum absolute atomic E-state index is 0.608. The second kappa shape index (κ2) is 6.93. The second-order valence-electron chi connectivity index (χ2n) is 5.37. The Hall–Kier alpha value is -0.830.